The van der Waals surface area contributed by atoms with E-state index in [1.165, 1.54) is 0 Å². The standard InChI is InChI=1S/C9H12F3P/c1-2-8-3-5-9(6-4-8)7-13(10,11)12/h3-6,13H,2,7H2,1H3. The summed E-state index contributed by atoms with van der Waals surface area (Å²) in [6.45, 7) is 1.98. The zero-order chi connectivity index (χ0) is 9.90. The fourth-order valence-electron chi connectivity index (χ4n) is 1.12. The molecular formula is C9H12F3P. The molecule has 0 aliphatic rings. The first-order valence-electron chi connectivity index (χ1n) is 4.16. The van der Waals surface area contributed by atoms with Gasteiger partial charge in [-0.25, -0.2) is 0 Å². The van der Waals surface area contributed by atoms with E-state index in [-0.39, 0.29) is 0 Å². The van der Waals surface area contributed by atoms with Crippen LogP contribution in [0.5, 0.6) is 0 Å². The van der Waals surface area contributed by atoms with Crippen LogP contribution in [0.25, 0.3) is 0 Å². The van der Waals surface area contributed by atoms with Gasteiger partial charge in [0.25, 0.3) is 0 Å². The molecule has 0 nitrogen and oxygen atoms in total. The van der Waals surface area contributed by atoms with Gasteiger partial charge in [-0.05, 0) is 0 Å². The molecule has 0 aliphatic carbocycles. The topological polar surface area (TPSA) is 0 Å². The molecule has 1 aromatic carbocycles. The van der Waals surface area contributed by atoms with Gasteiger partial charge in [-0.2, -0.15) is 0 Å². The normalized spacial score (nSPS) is 12.9. The molecule has 0 unspecified atom stereocenters. The van der Waals surface area contributed by atoms with E-state index in [1.54, 1.807) is 24.3 Å². The minimum atomic E-state index is -5.43. The molecule has 0 spiro atoms. The van der Waals surface area contributed by atoms with Gasteiger partial charge in [-0.3, -0.25) is 0 Å². The third-order valence-corrected chi connectivity index (χ3v) is 2.64. The van der Waals surface area contributed by atoms with Crippen LogP contribution in [-0.4, -0.2) is 0 Å². The van der Waals surface area contributed by atoms with Crippen LogP contribution < -0.4 is 0 Å². The number of aryl methyl sites for hydroxylation is 1. The van der Waals surface area contributed by atoms with Gasteiger partial charge >= 0.3 is 75.7 Å². The van der Waals surface area contributed by atoms with E-state index in [0.29, 0.717) is 5.56 Å². The van der Waals surface area contributed by atoms with Crippen molar-refractivity contribution in [3.63, 3.8) is 0 Å². The fourth-order valence-corrected chi connectivity index (χ4v) is 1.82. The molecule has 74 valence electrons. The summed E-state index contributed by atoms with van der Waals surface area (Å²) < 4.78 is 36.2. The summed E-state index contributed by atoms with van der Waals surface area (Å²) in [5.74, 6) is 0. The first kappa shape index (κ1) is 10.5. The number of hydrogen-bond acceptors (Lipinski definition) is 0. The summed E-state index contributed by atoms with van der Waals surface area (Å²) in [5, 5.41) is 0. The zero-order valence-electron chi connectivity index (χ0n) is 7.36. The molecule has 0 N–H and O–H groups in total. The molecule has 0 amide bonds. The second kappa shape index (κ2) is 4.10. The molecule has 0 aliphatic heterocycles. The van der Waals surface area contributed by atoms with Crippen LogP contribution in [-0.2, 0) is 12.6 Å². The van der Waals surface area contributed by atoms with Crippen molar-refractivity contribution >= 4 is 8.19 Å². The molecule has 1 rings (SSSR count). The van der Waals surface area contributed by atoms with Gasteiger partial charge in [-0.1, -0.05) is 0 Å². The van der Waals surface area contributed by atoms with E-state index in [4.69, 9.17) is 0 Å². The Kier molecular flexibility index (Phi) is 3.32. The van der Waals surface area contributed by atoms with Gasteiger partial charge in [0.1, 0.15) is 0 Å². The Morgan fingerprint density at radius 2 is 1.46 bits per heavy atom. The van der Waals surface area contributed by atoms with Gasteiger partial charge in [0.15, 0.2) is 0 Å². The van der Waals surface area contributed by atoms with Crippen LogP contribution in [0.1, 0.15) is 18.1 Å². The average molecular weight is 208 g/mol. The van der Waals surface area contributed by atoms with Gasteiger partial charge in [0.2, 0.25) is 0 Å². The van der Waals surface area contributed by atoms with Crippen molar-refractivity contribution in [2.75, 3.05) is 0 Å². The summed E-state index contributed by atoms with van der Waals surface area (Å²) in [6.07, 6.45) is 0.167. The Labute approximate surface area is 76.5 Å². The SMILES string of the molecule is CCc1ccc(C[PH](F)(F)F)cc1. The van der Waals surface area contributed by atoms with Gasteiger partial charge in [0.05, 0.1) is 0 Å². The van der Waals surface area contributed by atoms with Gasteiger partial charge < -0.3 is 0 Å². The molecule has 13 heavy (non-hydrogen) atoms. The number of hydrogen-bond donors (Lipinski definition) is 0. The maximum absolute atomic E-state index is 12.1. The van der Waals surface area contributed by atoms with Crippen molar-refractivity contribution in [3.05, 3.63) is 35.4 Å². The maximum atomic E-state index is 12.1. The monoisotopic (exact) mass is 208 g/mol. The molecule has 4 heteroatoms. The van der Waals surface area contributed by atoms with E-state index in [0.717, 1.165) is 12.0 Å². The quantitative estimate of drug-likeness (QED) is 0.654. The second-order valence-corrected chi connectivity index (χ2v) is 4.55. The van der Waals surface area contributed by atoms with Crippen LogP contribution in [0.3, 0.4) is 0 Å². The van der Waals surface area contributed by atoms with Crippen LogP contribution >= 0.6 is 8.19 Å². The average Bonchev–Trinajstić information content (AvgIpc) is 2.03. The van der Waals surface area contributed by atoms with Crippen molar-refractivity contribution in [3.8, 4) is 0 Å². The Bertz CT molecular complexity index is 263. The predicted molar refractivity (Wildman–Crippen MR) is 51.2 cm³/mol. The van der Waals surface area contributed by atoms with Crippen molar-refractivity contribution < 1.29 is 12.6 Å². The van der Waals surface area contributed by atoms with E-state index in [2.05, 4.69) is 0 Å². The summed E-state index contributed by atoms with van der Waals surface area (Å²) in [4.78, 5) is 0. The number of benzene rings is 1. The Morgan fingerprint density at radius 3 is 1.85 bits per heavy atom. The van der Waals surface area contributed by atoms with E-state index in [1.807, 2.05) is 6.92 Å². The minimum absolute atomic E-state index is 0.386. The van der Waals surface area contributed by atoms with Gasteiger partial charge in [-0.15, -0.1) is 0 Å². The summed E-state index contributed by atoms with van der Waals surface area (Å²) >= 11 is 0. The van der Waals surface area contributed by atoms with Crippen molar-refractivity contribution in [1.82, 2.24) is 0 Å². The molecule has 0 heterocycles. The summed E-state index contributed by atoms with van der Waals surface area (Å²) in [6, 6.07) is 6.66. The van der Waals surface area contributed by atoms with Gasteiger partial charge in [0, 0.05) is 0 Å². The van der Waals surface area contributed by atoms with Crippen LogP contribution in [0.4, 0.5) is 12.6 Å². The molecule has 0 aromatic heterocycles. The Hall–Kier alpha value is -0.560. The van der Waals surface area contributed by atoms with Crippen LogP contribution in [0.2, 0.25) is 0 Å². The predicted octanol–water partition coefficient (Wildman–Crippen LogP) is 4.15. The van der Waals surface area contributed by atoms with Crippen LogP contribution in [0.15, 0.2) is 24.3 Å². The molecule has 0 atom stereocenters. The Morgan fingerprint density at radius 1 is 1.00 bits per heavy atom. The van der Waals surface area contributed by atoms with Crippen LogP contribution in [0, 0.1) is 0 Å². The Balaban J connectivity index is 2.70. The molecule has 1 aromatic rings. The molecule has 0 saturated carbocycles. The first-order valence-corrected chi connectivity index (χ1v) is 6.00. The van der Waals surface area contributed by atoms with Crippen molar-refractivity contribution in [2.45, 2.75) is 19.5 Å². The van der Waals surface area contributed by atoms with E-state index in [9.17, 15) is 12.6 Å². The summed E-state index contributed by atoms with van der Waals surface area (Å²) in [5.41, 5.74) is 1.46. The van der Waals surface area contributed by atoms with Crippen molar-refractivity contribution in [1.29, 1.82) is 0 Å². The summed E-state index contributed by atoms with van der Waals surface area (Å²) in [7, 11) is -5.43. The molecular weight excluding hydrogens is 196 g/mol. The molecule has 0 radical (unpaired) electrons. The van der Waals surface area contributed by atoms with Crippen molar-refractivity contribution in [2.24, 2.45) is 0 Å². The first-order chi connectivity index (χ1) is 6.01. The zero-order valence-corrected chi connectivity index (χ0v) is 8.36. The third-order valence-electron chi connectivity index (χ3n) is 1.84. The fraction of sp³-hybridized carbons (Fsp3) is 0.333. The van der Waals surface area contributed by atoms with E-state index >= 15 is 0 Å². The van der Waals surface area contributed by atoms with E-state index < -0.39 is 14.4 Å². The number of halogens is 3. The second-order valence-electron chi connectivity index (χ2n) is 2.96. The number of rotatable bonds is 3. The molecule has 0 fully saturated rings. The third kappa shape index (κ3) is 3.77. The molecule has 0 saturated heterocycles. The molecule has 0 bridgehead atoms.